The van der Waals surface area contributed by atoms with Crippen LogP contribution in [-0.2, 0) is 21.2 Å². The number of hydrogen-bond acceptors (Lipinski definition) is 6. The normalized spacial score (nSPS) is 17.0. The number of rotatable bonds is 5. The SMILES string of the molecule is CC(C)NC(=O)c1ccc(N2CCC(N3C(=N)OCc4ccccc43)CC2)c(S(C)(=O)=O)c1. The number of piperidine rings is 1. The number of ether oxygens (including phenoxy) is 1. The maximum atomic E-state index is 12.6. The summed E-state index contributed by atoms with van der Waals surface area (Å²) < 4.78 is 30.7. The molecule has 33 heavy (non-hydrogen) atoms. The number of hydrogen-bond donors (Lipinski definition) is 2. The fourth-order valence-corrected chi connectivity index (χ4v) is 5.40. The Morgan fingerprint density at radius 1 is 1.12 bits per heavy atom. The topological polar surface area (TPSA) is 103 Å². The van der Waals surface area contributed by atoms with E-state index < -0.39 is 9.84 Å². The Balaban J connectivity index is 1.55. The number of amidine groups is 1. The molecule has 0 bridgehead atoms. The highest BCUT2D eigenvalue weighted by Crippen LogP contribution is 2.34. The van der Waals surface area contributed by atoms with Gasteiger partial charge in [-0.25, -0.2) is 8.42 Å². The Bertz CT molecular complexity index is 1170. The molecule has 9 heteroatoms. The molecule has 0 aromatic heterocycles. The van der Waals surface area contributed by atoms with Crippen molar-refractivity contribution in [1.82, 2.24) is 5.32 Å². The first kappa shape index (κ1) is 23.1. The summed E-state index contributed by atoms with van der Waals surface area (Å²) >= 11 is 0. The third-order valence-electron chi connectivity index (χ3n) is 6.05. The summed E-state index contributed by atoms with van der Waals surface area (Å²) in [4.78, 5) is 16.6. The van der Waals surface area contributed by atoms with E-state index in [0.717, 1.165) is 24.1 Å². The van der Waals surface area contributed by atoms with Gasteiger partial charge in [-0.05, 0) is 51.0 Å². The van der Waals surface area contributed by atoms with Gasteiger partial charge in [0, 0.05) is 42.6 Å². The van der Waals surface area contributed by atoms with Gasteiger partial charge in [-0.15, -0.1) is 0 Å². The largest absolute Gasteiger partial charge is 0.460 e. The smallest absolute Gasteiger partial charge is 0.289 e. The predicted molar refractivity (Wildman–Crippen MR) is 129 cm³/mol. The van der Waals surface area contributed by atoms with Crippen molar-refractivity contribution in [3.8, 4) is 0 Å². The second kappa shape index (κ2) is 9.05. The van der Waals surface area contributed by atoms with E-state index >= 15 is 0 Å². The van der Waals surface area contributed by atoms with Gasteiger partial charge in [-0.2, -0.15) is 0 Å². The van der Waals surface area contributed by atoms with Crippen LogP contribution in [0.5, 0.6) is 0 Å². The molecule has 0 saturated carbocycles. The molecule has 2 N–H and O–H groups in total. The zero-order valence-corrected chi connectivity index (χ0v) is 20.0. The Morgan fingerprint density at radius 3 is 2.48 bits per heavy atom. The van der Waals surface area contributed by atoms with E-state index in [2.05, 4.69) is 10.2 Å². The molecular weight excluding hydrogens is 440 g/mol. The first-order chi connectivity index (χ1) is 15.6. The third-order valence-corrected chi connectivity index (χ3v) is 7.17. The molecule has 2 aliphatic heterocycles. The number of nitrogens with one attached hydrogen (secondary N) is 2. The molecule has 0 aliphatic carbocycles. The van der Waals surface area contributed by atoms with Crippen LogP contribution in [0.1, 0.15) is 42.6 Å². The predicted octanol–water partition coefficient (Wildman–Crippen LogP) is 3.17. The Labute approximate surface area is 195 Å². The first-order valence-electron chi connectivity index (χ1n) is 11.1. The molecule has 0 radical (unpaired) electrons. The molecule has 2 aliphatic rings. The van der Waals surface area contributed by atoms with E-state index in [1.165, 1.54) is 12.3 Å². The zero-order chi connectivity index (χ0) is 23.8. The molecule has 8 nitrogen and oxygen atoms in total. The van der Waals surface area contributed by atoms with Crippen LogP contribution in [-0.4, -0.2) is 51.8 Å². The first-order valence-corrected chi connectivity index (χ1v) is 13.0. The molecule has 2 aromatic carbocycles. The van der Waals surface area contributed by atoms with Gasteiger partial charge in [0.2, 0.25) is 0 Å². The molecule has 0 unspecified atom stereocenters. The molecule has 1 amide bonds. The number of amides is 1. The lowest BCUT2D eigenvalue weighted by atomic mass is 10.00. The molecule has 0 spiro atoms. The Hall–Kier alpha value is -3.07. The number of carbonyl (C=O) groups is 1. The van der Waals surface area contributed by atoms with Gasteiger partial charge in [0.25, 0.3) is 11.9 Å². The van der Waals surface area contributed by atoms with E-state index in [-0.39, 0.29) is 28.9 Å². The van der Waals surface area contributed by atoms with Crippen molar-refractivity contribution in [1.29, 1.82) is 5.41 Å². The van der Waals surface area contributed by atoms with Crippen molar-refractivity contribution in [3.05, 3.63) is 53.6 Å². The highest BCUT2D eigenvalue weighted by atomic mass is 32.2. The average Bonchev–Trinajstić information content (AvgIpc) is 2.78. The van der Waals surface area contributed by atoms with Crippen molar-refractivity contribution in [2.24, 2.45) is 0 Å². The molecule has 0 atom stereocenters. The van der Waals surface area contributed by atoms with Gasteiger partial charge in [-0.3, -0.25) is 15.1 Å². The lowest BCUT2D eigenvalue weighted by Gasteiger charge is -2.42. The molecule has 1 saturated heterocycles. The Kier molecular flexibility index (Phi) is 6.34. The second-order valence-corrected chi connectivity index (χ2v) is 10.9. The monoisotopic (exact) mass is 470 g/mol. The fourth-order valence-electron chi connectivity index (χ4n) is 4.48. The quantitative estimate of drug-likeness (QED) is 0.696. The minimum absolute atomic E-state index is 0.0412. The van der Waals surface area contributed by atoms with E-state index in [1.54, 1.807) is 12.1 Å². The number of sulfone groups is 1. The van der Waals surface area contributed by atoms with Crippen molar-refractivity contribution in [2.75, 3.05) is 29.1 Å². The van der Waals surface area contributed by atoms with Gasteiger partial charge < -0.3 is 15.0 Å². The van der Waals surface area contributed by atoms with Crippen molar-refractivity contribution in [3.63, 3.8) is 0 Å². The second-order valence-electron chi connectivity index (χ2n) is 8.89. The van der Waals surface area contributed by atoms with E-state index in [4.69, 9.17) is 10.1 Å². The summed E-state index contributed by atoms with van der Waals surface area (Å²) in [6.45, 7) is 5.39. The maximum Gasteiger partial charge on any atom is 0.289 e. The highest BCUT2D eigenvalue weighted by molar-refractivity contribution is 7.90. The number of fused-ring (bicyclic) bond motifs is 1. The van der Waals surface area contributed by atoms with Crippen LogP contribution in [0.25, 0.3) is 0 Å². The molecular formula is C24H30N4O4S. The van der Waals surface area contributed by atoms with Crippen LogP contribution in [0.3, 0.4) is 0 Å². The van der Waals surface area contributed by atoms with Gasteiger partial charge >= 0.3 is 0 Å². The van der Waals surface area contributed by atoms with E-state index in [0.29, 0.717) is 30.9 Å². The van der Waals surface area contributed by atoms with Crippen LogP contribution in [0.4, 0.5) is 11.4 Å². The van der Waals surface area contributed by atoms with Gasteiger partial charge in [-0.1, -0.05) is 18.2 Å². The molecule has 176 valence electrons. The van der Waals surface area contributed by atoms with Crippen molar-refractivity contribution < 1.29 is 17.9 Å². The average molecular weight is 471 g/mol. The maximum absolute atomic E-state index is 12.6. The van der Waals surface area contributed by atoms with Crippen molar-refractivity contribution in [2.45, 2.75) is 50.3 Å². The fraction of sp³-hybridized carbons (Fsp3) is 0.417. The van der Waals surface area contributed by atoms with E-state index in [1.807, 2.05) is 43.0 Å². The lowest BCUT2D eigenvalue weighted by Crippen LogP contribution is -2.50. The standard InChI is InChI=1S/C24H30N4O4S/c1-16(2)26-23(29)17-8-9-21(22(14-17)33(3,30)31)27-12-10-19(11-13-27)28-20-7-5-4-6-18(20)15-32-24(28)25/h4-9,14,16,19,25H,10-13,15H2,1-3H3,(H,26,29). The van der Waals surface area contributed by atoms with Crippen LogP contribution in [0.2, 0.25) is 0 Å². The Morgan fingerprint density at radius 2 is 1.82 bits per heavy atom. The van der Waals surface area contributed by atoms with Crippen LogP contribution in [0.15, 0.2) is 47.4 Å². The summed E-state index contributed by atoms with van der Waals surface area (Å²) in [6, 6.07) is 13.0. The molecule has 2 heterocycles. The number of benzene rings is 2. The highest BCUT2D eigenvalue weighted by Gasteiger charge is 2.33. The minimum atomic E-state index is -3.54. The molecule has 4 rings (SSSR count). The number of nitrogens with zero attached hydrogens (tertiary/aromatic N) is 2. The summed E-state index contributed by atoms with van der Waals surface area (Å²) in [5.41, 5.74) is 3.01. The van der Waals surface area contributed by atoms with Gasteiger partial charge in [0.15, 0.2) is 9.84 Å². The molecule has 2 aromatic rings. The van der Waals surface area contributed by atoms with E-state index in [9.17, 15) is 13.2 Å². The third kappa shape index (κ3) is 4.83. The van der Waals surface area contributed by atoms with Crippen molar-refractivity contribution >= 4 is 33.1 Å². The summed E-state index contributed by atoms with van der Waals surface area (Å²) in [5, 5.41) is 11.1. The lowest BCUT2D eigenvalue weighted by molar-refractivity contribution is 0.0943. The summed E-state index contributed by atoms with van der Waals surface area (Å²) in [5.74, 6) is -0.289. The number of carbonyl (C=O) groups excluding carboxylic acids is 1. The molecule has 1 fully saturated rings. The van der Waals surface area contributed by atoms with Crippen LogP contribution in [0, 0.1) is 5.41 Å². The number of para-hydroxylation sites is 1. The van der Waals surface area contributed by atoms with Gasteiger partial charge in [0.1, 0.15) is 6.61 Å². The van der Waals surface area contributed by atoms with Gasteiger partial charge in [0.05, 0.1) is 16.3 Å². The van der Waals surface area contributed by atoms with Crippen LogP contribution < -0.4 is 15.1 Å². The number of anilines is 2. The summed E-state index contributed by atoms with van der Waals surface area (Å²) in [6.07, 6.45) is 2.67. The zero-order valence-electron chi connectivity index (χ0n) is 19.2. The summed E-state index contributed by atoms with van der Waals surface area (Å²) in [7, 11) is -3.54. The van der Waals surface area contributed by atoms with Crippen LogP contribution >= 0.6 is 0 Å². The minimum Gasteiger partial charge on any atom is -0.460 e.